The molecule has 6 heteroatoms. The summed E-state index contributed by atoms with van der Waals surface area (Å²) < 4.78 is 29.2. The first-order valence-corrected chi connectivity index (χ1v) is 7.62. The molecule has 0 spiro atoms. The Morgan fingerprint density at radius 2 is 2.12 bits per heavy atom. The Morgan fingerprint density at radius 1 is 1.47 bits per heavy atom. The third-order valence-electron chi connectivity index (χ3n) is 2.98. The van der Waals surface area contributed by atoms with E-state index in [-0.39, 0.29) is 11.9 Å². The van der Waals surface area contributed by atoms with Crippen LogP contribution in [0.5, 0.6) is 0 Å². The van der Waals surface area contributed by atoms with Crippen LogP contribution in [0.25, 0.3) is 0 Å². The summed E-state index contributed by atoms with van der Waals surface area (Å²) in [5.74, 6) is -1.78. The van der Waals surface area contributed by atoms with Crippen molar-refractivity contribution in [2.45, 2.75) is 44.5 Å². The molecular weight excluding hydrogens is 244 g/mol. The van der Waals surface area contributed by atoms with E-state index in [1.165, 1.54) is 0 Å². The van der Waals surface area contributed by atoms with Gasteiger partial charge in [-0.25, -0.2) is 8.42 Å². The number of hydrogen-bond donors (Lipinski definition) is 1. The van der Waals surface area contributed by atoms with Crippen LogP contribution in [0.2, 0.25) is 0 Å². The van der Waals surface area contributed by atoms with Gasteiger partial charge in [0.15, 0.2) is 15.1 Å². The summed E-state index contributed by atoms with van der Waals surface area (Å²) >= 11 is 0. The molecule has 1 N–H and O–H groups in total. The Bertz CT molecular complexity index is 354. The van der Waals surface area contributed by atoms with Gasteiger partial charge < -0.3 is 9.84 Å². The molecule has 1 heterocycles. The average Bonchev–Trinajstić information content (AvgIpc) is 2.64. The number of carboxylic acids is 1. The van der Waals surface area contributed by atoms with Crippen LogP contribution in [-0.4, -0.2) is 43.2 Å². The minimum Gasteiger partial charge on any atom is -0.480 e. The maximum absolute atomic E-state index is 11.9. The van der Waals surface area contributed by atoms with Gasteiger partial charge in [-0.3, -0.25) is 4.79 Å². The van der Waals surface area contributed by atoms with Gasteiger partial charge in [0, 0.05) is 6.61 Å². The topological polar surface area (TPSA) is 80.7 Å². The molecule has 0 bridgehead atoms. The van der Waals surface area contributed by atoms with Crippen molar-refractivity contribution in [3.63, 3.8) is 0 Å². The first-order chi connectivity index (χ1) is 7.84. The van der Waals surface area contributed by atoms with Crippen molar-refractivity contribution >= 4 is 15.8 Å². The van der Waals surface area contributed by atoms with Gasteiger partial charge in [0.1, 0.15) is 0 Å². The number of rotatable bonds is 6. The fraction of sp³-hybridized carbons (Fsp3) is 0.909. The van der Waals surface area contributed by atoms with Gasteiger partial charge in [0.2, 0.25) is 0 Å². The van der Waals surface area contributed by atoms with E-state index in [9.17, 15) is 13.2 Å². The quantitative estimate of drug-likeness (QED) is 0.776. The van der Waals surface area contributed by atoms with E-state index in [4.69, 9.17) is 9.84 Å². The molecule has 0 aromatic rings. The zero-order valence-electron chi connectivity index (χ0n) is 10.3. The molecule has 0 aromatic carbocycles. The standard InChI is InChI=1S/C11H20O5S/c1-8(2)10(11(12)13)17(14,15)7-5-9-4-3-6-16-9/h8-10H,3-7H2,1-2H3,(H,12,13). The van der Waals surface area contributed by atoms with E-state index >= 15 is 0 Å². The second kappa shape index (κ2) is 5.82. The van der Waals surface area contributed by atoms with Crippen molar-refractivity contribution in [3.8, 4) is 0 Å². The molecule has 0 aliphatic carbocycles. The Morgan fingerprint density at radius 3 is 2.53 bits per heavy atom. The van der Waals surface area contributed by atoms with Crippen molar-refractivity contribution in [1.29, 1.82) is 0 Å². The zero-order chi connectivity index (χ0) is 13.1. The molecule has 2 unspecified atom stereocenters. The normalized spacial score (nSPS) is 22.9. The maximum Gasteiger partial charge on any atom is 0.322 e. The summed E-state index contributed by atoms with van der Waals surface area (Å²) in [6, 6.07) is 0. The van der Waals surface area contributed by atoms with E-state index in [0.717, 1.165) is 12.8 Å². The summed E-state index contributed by atoms with van der Waals surface area (Å²) in [7, 11) is -3.59. The Kier molecular flexibility index (Phi) is 4.94. The molecule has 17 heavy (non-hydrogen) atoms. The highest BCUT2D eigenvalue weighted by Crippen LogP contribution is 2.20. The van der Waals surface area contributed by atoms with Crippen molar-refractivity contribution in [2.75, 3.05) is 12.4 Å². The molecule has 100 valence electrons. The maximum atomic E-state index is 11.9. The minimum absolute atomic E-state index is 0.0219. The number of ether oxygens (including phenoxy) is 1. The second-order valence-electron chi connectivity index (χ2n) is 4.79. The SMILES string of the molecule is CC(C)C(C(=O)O)S(=O)(=O)CCC1CCCO1. The van der Waals surface area contributed by atoms with Crippen molar-refractivity contribution in [2.24, 2.45) is 5.92 Å². The average molecular weight is 264 g/mol. The molecule has 0 saturated carbocycles. The van der Waals surface area contributed by atoms with E-state index < -0.39 is 27.0 Å². The third-order valence-corrected chi connectivity index (χ3v) is 5.31. The second-order valence-corrected chi connectivity index (χ2v) is 7.04. The molecular formula is C11H20O5S. The van der Waals surface area contributed by atoms with Crippen LogP contribution in [-0.2, 0) is 19.4 Å². The lowest BCUT2D eigenvalue weighted by atomic mass is 10.1. The Labute approximate surface area is 102 Å². The molecule has 1 fully saturated rings. The van der Waals surface area contributed by atoms with Crippen LogP contribution in [0.3, 0.4) is 0 Å². The van der Waals surface area contributed by atoms with Gasteiger partial charge >= 0.3 is 5.97 Å². The van der Waals surface area contributed by atoms with Crippen molar-refractivity contribution < 1.29 is 23.1 Å². The molecule has 0 aromatic heterocycles. The van der Waals surface area contributed by atoms with E-state index in [1.54, 1.807) is 13.8 Å². The van der Waals surface area contributed by atoms with Crippen LogP contribution in [0.15, 0.2) is 0 Å². The smallest absolute Gasteiger partial charge is 0.322 e. The highest BCUT2D eigenvalue weighted by Gasteiger charge is 2.35. The number of aliphatic carboxylic acids is 1. The fourth-order valence-electron chi connectivity index (χ4n) is 2.15. The van der Waals surface area contributed by atoms with E-state index in [1.807, 2.05) is 0 Å². The summed E-state index contributed by atoms with van der Waals surface area (Å²) in [5.41, 5.74) is 0. The van der Waals surface area contributed by atoms with Gasteiger partial charge in [-0.05, 0) is 25.2 Å². The first-order valence-electron chi connectivity index (χ1n) is 5.90. The lowest BCUT2D eigenvalue weighted by Gasteiger charge is -2.18. The van der Waals surface area contributed by atoms with E-state index in [0.29, 0.717) is 13.0 Å². The molecule has 0 radical (unpaired) electrons. The molecule has 5 nitrogen and oxygen atoms in total. The molecule has 1 saturated heterocycles. The highest BCUT2D eigenvalue weighted by molar-refractivity contribution is 7.92. The summed E-state index contributed by atoms with van der Waals surface area (Å²) in [6.45, 7) is 3.90. The highest BCUT2D eigenvalue weighted by atomic mass is 32.2. The zero-order valence-corrected chi connectivity index (χ0v) is 11.1. The molecule has 2 atom stereocenters. The molecule has 1 aliphatic rings. The van der Waals surface area contributed by atoms with E-state index in [2.05, 4.69) is 0 Å². The van der Waals surface area contributed by atoms with Crippen molar-refractivity contribution in [3.05, 3.63) is 0 Å². The number of hydrogen-bond acceptors (Lipinski definition) is 4. The monoisotopic (exact) mass is 264 g/mol. The van der Waals surface area contributed by atoms with Gasteiger partial charge in [-0.15, -0.1) is 0 Å². The van der Waals surface area contributed by atoms with Gasteiger partial charge in [0.25, 0.3) is 0 Å². The van der Waals surface area contributed by atoms with Crippen LogP contribution in [0.1, 0.15) is 33.1 Å². The Balaban J connectivity index is 2.62. The predicted molar refractivity (Wildman–Crippen MR) is 63.6 cm³/mol. The predicted octanol–water partition coefficient (Wildman–Crippen LogP) is 1.08. The van der Waals surface area contributed by atoms with Crippen LogP contribution >= 0.6 is 0 Å². The van der Waals surface area contributed by atoms with Crippen molar-refractivity contribution in [1.82, 2.24) is 0 Å². The molecule has 0 amide bonds. The van der Waals surface area contributed by atoms with Gasteiger partial charge in [0.05, 0.1) is 11.9 Å². The summed E-state index contributed by atoms with van der Waals surface area (Å²) in [4.78, 5) is 11.0. The summed E-state index contributed by atoms with van der Waals surface area (Å²) in [5, 5.41) is 7.66. The van der Waals surface area contributed by atoms with Crippen LogP contribution in [0, 0.1) is 5.92 Å². The lowest BCUT2D eigenvalue weighted by Crippen LogP contribution is -2.37. The van der Waals surface area contributed by atoms with Gasteiger partial charge in [-0.2, -0.15) is 0 Å². The fourth-order valence-corrected chi connectivity index (χ4v) is 4.13. The van der Waals surface area contributed by atoms with Crippen LogP contribution in [0.4, 0.5) is 0 Å². The largest absolute Gasteiger partial charge is 0.480 e. The van der Waals surface area contributed by atoms with Crippen LogP contribution < -0.4 is 0 Å². The molecule has 1 rings (SSSR count). The number of carbonyl (C=O) groups is 1. The third kappa shape index (κ3) is 3.96. The summed E-state index contributed by atoms with van der Waals surface area (Å²) in [6.07, 6.45) is 2.21. The molecule has 1 aliphatic heterocycles. The number of sulfone groups is 1. The lowest BCUT2D eigenvalue weighted by molar-refractivity contribution is -0.137. The first kappa shape index (κ1) is 14.4. The Hall–Kier alpha value is -0.620. The number of carboxylic acid groups (broad SMARTS) is 1. The minimum atomic E-state index is -3.59. The van der Waals surface area contributed by atoms with Gasteiger partial charge in [-0.1, -0.05) is 13.8 Å².